The summed E-state index contributed by atoms with van der Waals surface area (Å²) in [6, 6.07) is 8.31. The van der Waals surface area contributed by atoms with Crippen molar-refractivity contribution in [2.45, 2.75) is 13.3 Å². The molecule has 15 heavy (non-hydrogen) atoms. The van der Waals surface area contributed by atoms with Crippen LogP contribution in [0, 0.1) is 0 Å². The highest BCUT2D eigenvalue weighted by molar-refractivity contribution is 5.77. The summed E-state index contributed by atoms with van der Waals surface area (Å²) in [6.45, 7) is 2.01. The van der Waals surface area contributed by atoms with Crippen LogP contribution >= 0.6 is 0 Å². The van der Waals surface area contributed by atoms with Crippen molar-refractivity contribution in [2.24, 2.45) is 0 Å². The topological polar surface area (TPSA) is 13.1 Å². The van der Waals surface area contributed by atoms with Crippen molar-refractivity contribution < 1.29 is 4.42 Å². The molecular formula is C14H14O. The summed E-state index contributed by atoms with van der Waals surface area (Å²) in [6.07, 6.45) is 10.9. The van der Waals surface area contributed by atoms with Crippen LogP contribution in [0.25, 0.3) is 11.0 Å². The van der Waals surface area contributed by atoms with Crippen molar-refractivity contribution >= 4 is 11.0 Å². The third kappa shape index (κ3) is 2.38. The fraction of sp³-hybridized carbons (Fsp3) is 0.143. The number of fused-ring (bicyclic) bond motifs is 1. The van der Waals surface area contributed by atoms with Gasteiger partial charge in [0.2, 0.25) is 0 Å². The molecule has 1 heterocycles. The average Bonchev–Trinajstić information content (AvgIpc) is 2.71. The van der Waals surface area contributed by atoms with E-state index in [-0.39, 0.29) is 0 Å². The van der Waals surface area contributed by atoms with Crippen LogP contribution in [0.1, 0.15) is 12.5 Å². The Bertz CT molecular complexity index is 489. The predicted molar refractivity (Wildman–Crippen MR) is 63.9 cm³/mol. The zero-order valence-corrected chi connectivity index (χ0v) is 8.81. The summed E-state index contributed by atoms with van der Waals surface area (Å²) in [4.78, 5) is 0. The van der Waals surface area contributed by atoms with Crippen LogP contribution in [-0.2, 0) is 6.42 Å². The van der Waals surface area contributed by atoms with Gasteiger partial charge in [0.1, 0.15) is 5.58 Å². The zero-order chi connectivity index (χ0) is 10.5. The molecule has 1 heteroatoms. The van der Waals surface area contributed by atoms with Crippen LogP contribution in [0.4, 0.5) is 0 Å². The first-order chi connectivity index (χ1) is 7.40. The monoisotopic (exact) mass is 198 g/mol. The third-order valence-corrected chi connectivity index (χ3v) is 2.31. The van der Waals surface area contributed by atoms with Crippen molar-refractivity contribution in [1.29, 1.82) is 0 Å². The number of rotatable bonds is 3. The third-order valence-electron chi connectivity index (χ3n) is 2.31. The molecule has 0 aliphatic carbocycles. The van der Waals surface area contributed by atoms with E-state index in [0.29, 0.717) is 0 Å². The molecule has 0 saturated carbocycles. The first-order valence-corrected chi connectivity index (χ1v) is 5.14. The Balaban J connectivity index is 2.14. The first-order valence-electron chi connectivity index (χ1n) is 5.14. The Morgan fingerprint density at radius 3 is 3.00 bits per heavy atom. The zero-order valence-electron chi connectivity index (χ0n) is 8.81. The van der Waals surface area contributed by atoms with Crippen molar-refractivity contribution in [1.82, 2.24) is 0 Å². The Hall–Kier alpha value is -1.76. The summed E-state index contributed by atoms with van der Waals surface area (Å²) < 4.78 is 5.35. The highest BCUT2D eigenvalue weighted by atomic mass is 16.3. The number of hydrogen-bond donors (Lipinski definition) is 0. The normalized spacial score (nSPS) is 12.1. The molecule has 76 valence electrons. The Morgan fingerprint density at radius 1 is 1.20 bits per heavy atom. The van der Waals surface area contributed by atoms with Crippen LogP contribution in [0.5, 0.6) is 0 Å². The Kier molecular flexibility index (Phi) is 3.03. The molecule has 0 amide bonds. The second kappa shape index (κ2) is 4.65. The van der Waals surface area contributed by atoms with Gasteiger partial charge in [0.05, 0.1) is 6.26 Å². The van der Waals surface area contributed by atoms with Crippen LogP contribution in [0.15, 0.2) is 59.2 Å². The standard InChI is InChI=1S/C14H14O/c1-2-3-4-5-6-12-7-8-13-9-10-15-14(13)11-12/h2-5,7-11H,6H2,1H3. The minimum Gasteiger partial charge on any atom is -0.464 e. The second-order valence-corrected chi connectivity index (χ2v) is 3.45. The lowest BCUT2D eigenvalue weighted by molar-refractivity contribution is 0.615. The number of benzene rings is 1. The molecule has 2 aromatic rings. The summed E-state index contributed by atoms with van der Waals surface area (Å²) in [5.41, 5.74) is 2.24. The summed E-state index contributed by atoms with van der Waals surface area (Å²) in [7, 11) is 0. The van der Waals surface area contributed by atoms with Crippen molar-refractivity contribution in [3.63, 3.8) is 0 Å². The lowest BCUT2D eigenvalue weighted by atomic mass is 10.1. The van der Waals surface area contributed by atoms with Gasteiger partial charge in [-0.3, -0.25) is 0 Å². The van der Waals surface area contributed by atoms with Crippen molar-refractivity contribution in [2.75, 3.05) is 0 Å². The van der Waals surface area contributed by atoms with Gasteiger partial charge in [-0.05, 0) is 31.0 Å². The van der Waals surface area contributed by atoms with Crippen molar-refractivity contribution in [3.8, 4) is 0 Å². The van der Waals surface area contributed by atoms with E-state index >= 15 is 0 Å². The fourth-order valence-electron chi connectivity index (χ4n) is 1.52. The minimum absolute atomic E-state index is 0.945. The van der Waals surface area contributed by atoms with Gasteiger partial charge in [-0.15, -0.1) is 0 Å². The van der Waals surface area contributed by atoms with Crippen LogP contribution < -0.4 is 0 Å². The molecule has 0 radical (unpaired) electrons. The Labute approximate surface area is 89.7 Å². The first kappa shape index (κ1) is 9.78. The summed E-state index contributed by atoms with van der Waals surface area (Å²) >= 11 is 0. The average molecular weight is 198 g/mol. The quantitative estimate of drug-likeness (QED) is 0.676. The molecule has 0 fully saturated rings. The van der Waals surface area contributed by atoms with E-state index in [0.717, 1.165) is 17.4 Å². The largest absolute Gasteiger partial charge is 0.464 e. The van der Waals surface area contributed by atoms with E-state index in [9.17, 15) is 0 Å². The van der Waals surface area contributed by atoms with E-state index in [1.807, 2.05) is 25.1 Å². The molecule has 0 bridgehead atoms. The Morgan fingerprint density at radius 2 is 2.13 bits per heavy atom. The number of hydrogen-bond acceptors (Lipinski definition) is 1. The molecule has 2 rings (SSSR count). The van der Waals surface area contributed by atoms with Gasteiger partial charge in [0, 0.05) is 5.39 Å². The van der Waals surface area contributed by atoms with Gasteiger partial charge in [-0.25, -0.2) is 0 Å². The minimum atomic E-state index is 0.945. The maximum absolute atomic E-state index is 5.35. The lowest BCUT2D eigenvalue weighted by Gasteiger charge is -1.95. The van der Waals surface area contributed by atoms with Crippen LogP contribution in [0.2, 0.25) is 0 Å². The lowest BCUT2D eigenvalue weighted by Crippen LogP contribution is -1.79. The predicted octanol–water partition coefficient (Wildman–Crippen LogP) is 4.11. The maximum Gasteiger partial charge on any atom is 0.134 e. The van der Waals surface area contributed by atoms with E-state index in [1.54, 1.807) is 6.26 Å². The van der Waals surface area contributed by atoms with Crippen molar-refractivity contribution in [3.05, 3.63) is 60.4 Å². The fourth-order valence-corrected chi connectivity index (χ4v) is 1.52. The molecule has 0 aliphatic heterocycles. The molecule has 0 N–H and O–H groups in total. The molecular weight excluding hydrogens is 184 g/mol. The van der Waals surface area contributed by atoms with Gasteiger partial charge in [-0.2, -0.15) is 0 Å². The van der Waals surface area contributed by atoms with E-state index in [4.69, 9.17) is 4.42 Å². The highest BCUT2D eigenvalue weighted by Crippen LogP contribution is 2.17. The van der Waals surface area contributed by atoms with Gasteiger partial charge in [0.25, 0.3) is 0 Å². The second-order valence-electron chi connectivity index (χ2n) is 3.45. The van der Waals surface area contributed by atoms with Gasteiger partial charge >= 0.3 is 0 Å². The summed E-state index contributed by atoms with van der Waals surface area (Å²) in [5.74, 6) is 0. The van der Waals surface area contributed by atoms with Crippen LogP contribution in [0.3, 0.4) is 0 Å². The highest BCUT2D eigenvalue weighted by Gasteiger charge is 1.96. The van der Waals surface area contributed by atoms with Crippen LogP contribution in [-0.4, -0.2) is 0 Å². The molecule has 1 aromatic carbocycles. The van der Waals surface area contributed by atoms with E-state index < -0.39 is 0 Å². The number of allylic oxidation sites excluding steroid dienone is 4. The van der Waals surface area contributed by atoms with Gasteiger partial charge < -0.3 is 4.42 Å². The molecule has 1 aromatic heterocycles. The molecule has 1 nitrogen and oxygen atoms in total. The molecule has 0 spiro atoms. The van der Waals surface area contributed by atoms with Gasteiger partial charge in [0.15, 0.2) is 0 Å². The number of furan rings is 1. The van der Waals surface area contributed by atoms with Gasteiger partial charge in [-0.1, -0.05) is 36.4 Å². The molecule has 0 unspecified atom stereocenters. The summed E-state index contributed by atoms with van der Waals surface area (Å²) in [5, 5.41) is 1.16. The SMILES string of the molecule is CC=CC=CCc1ccc2ccoc2c1. The molecule has 0 atom stereocenters. The van der Waals surface area contributed by atoms with E-state index in [2.05, 4.69) is 30.4 Å². The molecule has 0 aliphatic rings. The van der Waals surface area contributed by atoms with E-state index in [1.165, 1.54) is 5.56 Å². The smallest absolute Gasteiger partial charge is 0.134 e. The maximum atomic E-state index is 5.35. The molecule has 0 saturated heterocycles.